The Hall–Kier alpha value is -3.06. The Morgan fingerprint density at radius 2 is 1.58 bits per heavy atom. The van der Waals surface area contributed by atoms with Crippen molar-refractivity contribution < 1.29 is 18.7 Å². The lowest BCUT2D eigenvalue weighted by atomic mass is 9.97. The number of carbonyl (C=O) groups is 2. The minimum absolute atomic E-state index is 0.141. The predicted octanol–water partition coefficient (Wildman–Crippen LogP) is 4.51. The van der Waals surface area contributed by atoms with Gasteiger partial charge in [0.15, 0.2) is 5.78 Å². The average molecular weight is 467 g/mol. The van der Waals surface area contributed by atoms with Crippen molar-refractivity contribution in [2.45, 2.75) is 6.04 Å². The normalized spacial score (nSPS) is 15.1. The van der Waals surface area contributed by atoms with E-state index in [1.54, 1.807) is 60.7 Å². The molecule has 1 fully saturated rings. The number of nitrogens with zero attached hydrogens (tertiary/aromatic N) is 1. The number of rotatable bonds is 7. The maximum atomic E-state index is 13.5. The molecule has 170 valence electrons. The zero-order chi connectivity index (χ0) is 23.2. The average Bonchev–Trinajstić information content (AvgIpc) is 2.86. The summed E-state index contributed by atoms with van der Waals surface area (Å²) in [5.41, 5.74) is 1.99. The van der Waals surface area contributed by atoms with Crippen LogP contribution in [0.5, 0.6) is 0 Å². The highest BCUT2D eigenvalue weighted by molar-refractivity contribution is 6.30. The summed E-state index contributed by atoms with van der Waals surface area (Å²) >= 11 is 5.93. The van der Waals surface area contributed by atoms with Gasteiger partial charge in [0.1, 0.15) is 5.82 Å². The van der Waals surface area contributed by atoms with Crippen LogP contribution in [0.1, 0.15) is 37.9 Å². The van der Waals surface area contributed by atoms with E-state index >= 15 is 0 Å². The molecule has 4 rings (SSSR count). The summed E-state index contributed by atoms with van der Waals surface area (Å²) < 4.78 is 18.9. The van der Waals surface area contributed by atoms with Gasteiger partial charge in [0.05, 0.1) is 24.8 Å². The van der Waals surface area contributed by atoms with Crippen LogP contribution < -0.4 is 5.32 Å². The quantitative estimate of drug-likeness (QED) is 0.520. The second kappa shape index (κ2) is 10.7. The smallest absolute Gasteiger partial charge is 0.252 e. The SMILES string of the molecule is O=C(NC[C@@H](c1ccc(F)cc1)N1CCOCC1)c1ccccc1C(=O)c1ccc(Cl)cc1. The molecule has 1 aliphatic rings. The number of benzene rings is 3. The summed E-state index contributed by atoms with van der Waals surface area (Å²) in [6.07, 6.45) is 0. The monoisotopic (exact) mass is 466 g/mol. The third-order valence-electron chi connectivity index (χ3n) is 5.72. The lowest BCUT2D eigenvalue weighted by Gasteiger charge is -2.35. The van der Waals surface area contributed by atoms with E-state index in [4.69, 9.17) is 16.3 Å². The molecule has 0 unspecified atom stereocenters. The highest BCUT2D eigenvalue weighted by Gasteiger charge is 2.24. The third kappa shape index (κ3) is 5.66. The molecule has 0 saturated carbocycles. The Morgan fingerprint density at radius 1 is 0.939 bits per heavy atom. The van der Waals surface area contributed by atoms with Gasteiger partial charge in [0, 0.05) is 35.8 Å². The van der Waals surface area contributed by atoms with Crippen molar-refractivity contribution in [1.29, 1.82) is 0 Å². The van der Waals surface area contributed by atoms with Gasteiger partial charge in [0.25, 0.3) is 5.91 Å². The van der Waals surface area contributed by atoms with Crippen LogP contribution in [0.3, 0.4) is 0 Å². The first kappa shape index (κ1) is 23.1. The van der Waals surface area contributed by atoms with Crippen LogP contribution in [0.4, 0.5) is 4.39 Å². The Bertz CT molecular complexity index is 1110. The minimum atomic E-state index is -0.340. The second-order valence-electron chi connectivity index (χ2n) is 7.81. The van der Waals surface area contributed by atoms with Crippen molar-refractivity contribution in [2.24, 2.45) is 0 Å². The first-order chi connectivity index (χ1) is 16.0. The number of ether oxygens (including phenoxy) is 1. The molecule has 0 bridgehead atoms. The third-order valence-corrected chi connectivity index (χ3v) is 5.97. The summed E-state index contributed by atoms with van der Waals surface area (Å²) in [5.74, 6) is -0.896. The van der Waals surface area contributed by atoms with E-state index in [9.17, 15) is 14.0 Å². The molecule has 0 aliphatic carbocycles. The van der Waals surface area contributed by atoms with Crippen LogP contribution in [-0.4, -0.2) is 49.4 Å². The molecule has 1 amide bonds. The molecule has 0 aromatic heterocycles. The minimum Gasteiger partial charge on any atom is -0.379 e. The predicted molar refractivity (Wildman–Crippen MR) is 125 cm³/mol. The molecule has 1 aliphatic heterocycles. The number of ketones is 1. The standard InChI is InChI=1S/C26H24ClFN2O3/c27-20-9-5-19(6-10-20)25(31)22-3-1-2-4-23(22)26(32)29-17-24(30-13-15-33-16-14-30)18-7-11-21(28)12-8-18/h1-12,24H,13-17H2,(H,29,32)/t24-/m0/s1. The van der Waals surface area contributed by atoms with Gasteiger partial charge in [-0.2, -0.15) is 0 Å². The van der Waals surface area contributed by atoms with Crippen LogP contribution in [0, 0.1) is 5.82 Å². The number of amides is 1. The Kier molecular flexibility index (Phi) is 7.50. The molecule has 1 N–H and O–H groups in total. The van der Waals surface area contributed by atoms with Crippen molar-refractivity contribution in [3.63, 3.8) is 0 Å². The molecule has 1 saturated heterocycles. The molecule has 7 heteroatoms. The van der Waals surface area contributed by atoms with E-state index in [-0.39, 0.29) is 23.5 Å². The topological polar surface area (TPSA) is 58.6 Å². The van der Waals surface area contributed by atoms with E-state index in [1.807, 2.05) is 0 Å². The molecular formula is C26H24ClFN2O3. The number of halogens is 2. The van der Waals surface area contributed by atoms with Crippen LogP contribution >= 0.6 is 11.6 Å². The highest BCUT2D eigenvalue weighted by atomic mass is 35.5. The molecule has 0 radical (unpaired) electrons. The summed E-state index contributed by atoms with van der Waals surface area (Å²) in [6.45, 7) is 2.94. The molecule has 1 atom stereocenters. The van der Waals surface area contributed by atoms with Gasteiger partial charge in [-0.05, 0) is 48.0 Å². The van der Waals surface area contributed by atoms with Gasteiger partial charge in [-0.3, -0.25) is 14.5 Å². The largest absolute Gasteiger partial charge is 0.379 e. The molecule has 5 nitrogen and oxygen atoms in total. The van der Waals surface area contributed by atoms with Crippen molar-refractivity contribution >= 4 is 23.3 Å². The number of nitrogens with one attached hydrogen (secondary N) is 1. The molecular weight excluding hydrogens is 443 g/mol. The van der Waals surface area contributed by atoms with E-state index in [0.29, 0.717) is 54.6 Å². The van der Waals surface area contributed by atoms with Crippen molar-refractivity contribution in [3.8, 4) is 0 Å². The van der Waals surface area contributed by atoms with E-state index < -0.39 is 0 Å². The summed E-state index contributed by atoms with van der Waals surface area (Å²) in [4.78, 5) is 28.4. The second-order valence-corrected chi connectivity index (χ2v) is 8.24. The van der Waals surface area contributed by atoms with Crippen LogP contribution in [0.25, 0.3) is 0 Å². The summed E-state index contributed by atoms with van der Waals surface area (Å²) in [5, 5.41) is 3.51. The number of carbonyl (C=O) groups excluding carboxylic acids is 2. The molecule has 3 aromatic rings. The van der Waals surface area contributed by atoms with Gasteiger partial charge in [-0.1, -0.05) is 41.9 Å². The van der Waals surface area contributed by atoms with Crippen LogP contribution in [0.15, 0.2) is 72.8 Å². The first-order valence-corrected chi connectivity index (χ1v) is 11.2. The lowest BCUT2D eigenvalue weighted by molar-refractivity contribution is 0.0162. The number of hydrogen-bond acceptors (Lipinski definition) is 4. The van der Waals surface area contributed by atoms with Gasteiger partial charge in [-0.25, -0.2) is 4.39 Å². The van der Waals surface area contributed by atoms with Crippen molar-refractivity contribution in [1.82, 2.24) is 10.2 Å². The zero-order valence-corrected chi connectivity index (χ0v) is 18.7. The number of hydrogen-bond donors (Lipinski definition) is 1. The van der Waals surface area contributed by atoms with Gasteiger partial charge in [0.2, 0.25) is 0 Å². The van der Waals surface area contributed by atoms with Crippen LogP contribution in [-0.2, 0) is 4.74 Å². The maximum Gasteiger partial charge on any atom is 0.252 e. The Balaban J connectivity index is 1.53. The summed E-state index contributed by atoms with van der Waals surface area (Å²) in [7, 11) is 0. The molecule has 33 heavy (non-hydrogen) atoms. The first-order valence-electron chi connectivity index (χ1n) is 10.8. The van der Waals surface area contributed by atoms with Crippen molar-refractivity contribution in [3.05, 3.63) is 106 Å². The highest BCUT2D eigenvalue weighted by Crippen LogP contribution is 2.22. The molecule has 0 spiro atoms. The molecule has 3 aromatic carbocycles. The van der Waals surface area contributed by atoms with E-state index in [1.165, 1.54) is 12.1 Å². The summed E-state index contributed by atoms with van der Waals surface area (Å²) in [6, 6.07) is 19.5. The van der Waals surface area contributed by atoms with E-state index in [0.717, 1.165) is 5.56 Å². The van der Waals surface area contributed by atoms with Gasteiger partial charge in [-0.15, -0.1) is 0 Å². The maximum absolute atomic E-state index is 13.5. The Labute approximate surface area is 197 Å². The molecule has 1 heterocycles. The fourth-order valence-electron chi connectivity index (χ4n) is 3.95. The Morgan fingerprint density at radius 3 is 2.24 bits per heavy atom. The van der Waals surface area contributed by atoms with Crippen LogP contribution in [0.2, 0.25) is 5.02 Å². The van der Waals surface area contributed by atoms with Gasteiger partial charge >= 0.3 is 0 Å². The zero-order valence-electron chi connectivity index (χ0n) is 18.0. The van der Waals surface area contributed by atoms with Gasteiger partial charge < -0.3 is 10.1 Å². The number of morpholine rings is 1. The lowest BCUT2D eigenvalue weighted by Crippen LogP contribution is -2.44. The fourth-order valence-corrected chi connectivity index (χ4v) is 4.08. The fraction of sp³-hybridized carbons (Fsp3) is 0.231. The van der Waals surface area contributed by atoms with Crippen molar-refractivity contribution in [2.75, 3.05) is 32.8 Å². The van der Waals surface area contributed by atoms with E-state index in [2.05, 4.69) is 10.2 Å².